The molecule has 2 amide bonds. The van der Waals surface area contributed by atoms with Gasteiger partial charge in [-0.15, -0.1) is 0 Å². The predicted octanol–water partition coefficient (Wildman–Crippen LogP) is 4.66. The third-order valence-corrected chi connectivity index (χ3v) is 4.73. The summed E-state index contributed by atoms with van der Waals surface area (Å²) in [5, 5.41) is 6.58. The van der Waals surface area contributed by atoms with Gasteiger partial charge in [0, 0.05) is 0 Å². The van der Waals surface area contributed by atoms with Crippen molar-refractivity contribution >= 4 is 46.9 Å². The number of ether oxygens (including phenoxy) is 1. The number of carbonyl (C=O) groups excluding carboxylic acids is 2. The van der Waals surface area contributed by atoms with E-state index in [4.69, 9.17) is 27.9 Å². The highest BCUT2D eigenvalue weighted by molar-refractivity contribution is 6.45. The summed E-state index contributed by atoms with van der Waals surface area (Å²) in [5.41, 5.74) is 4.19. The highest BCUT2D eigenvalue weighted by Gasteiger charge is 2.15. The molecule has 0 fully saturated rings. The van der Waals surface area contributed by atoms with Gasteiger partial charge in [0.1, 0.15) is 12.4 Å². The third kappa shape index (κ3) is 6.07. The van der Waals surface area contributed by atoms with Gasteiger partial charge in [-0.1, -0.05) is 59.6 Å². The van der Waals surface area contributed by atoms with Gasteiger partial charge in [0.2, 0.25) is 0 Å². The number of anilines is 1. The molecule has 0 heterocycles. The van der Waals surface area contributed by atoms with E-state index in [1.165, 1.54) is 12.3 Å². The molecule has 2 N–H and O–H groups in total. The highest BCUT2D eigenvalue weighted by atomic mass is 35.5. The first-order valence-electron chi connectivity index (χ1n) is 8.88. The third-order valence-electron chi connectivity index (χ3n) is 3.91. The smallest absolute Gasteiger partial charge is 0.329 e. The molecule has 0 unspecified atom stereocenters. The Balaban J connectivity index is 1.49. The van der Waals surface area contributed by atoms with Crippen LogP contribution in [0.3, 0.4) is 0 Å². The average Bonchev–Trinajstić information content (AvgIpc) is 2.77. The van der Waals surface area contributed by atoms with Crippen molar-refractivity contribution in [3.05, 3.63) is 94.0 Å². The Morgan fingerprint density at radius 2 is 1.63 bits per heavy atom. The van der Waals surface area contributed by atoms with Crippen molar-refractivity contribution in [1.82, 2.24) is 5.43 Å². The fourth-order valence-corrected chi connectivity index (χ4v) is 2.73. The van der Waals surface area contributed by atoms with Crippen LogP contribution in [0.1, 0.15) is 11.1 Å². The molecular formula is C22H17Cl2N3O3. The van der Waals surface area contributed by atoms with Gasteiger partial charge in [-0.3, -0.25) is 9.59 Å². The fourth-order valence-electron chi connectivity index (χ4n) is 2.39. The number of rotatable bonds is 6. The lowest BCUT2D eigenvalue weighted by atomic mass is 10.2. The molecule has 0 saturated heterocycles. The molecule has 0 aromatic heterocycles. The maximum Gasteiger partial charge on any atom is 0.329 e. The van der Waals surface area contributed by atoms with Crippen molar-refractivity contribution in [2.75, 3.05) is 5.32 Å². The highest BCUT2D eigenvalue weighted by Crippen LogP contribution is 2.29. The molecule has 0 bridgehead atoms. The maximum atomic E-state index is 11.9. The fraction of sp³-hybridized carbons (Fsp3) is 0.0455. The summed E-state index contributed by atoms with van der Waals surface area (Å²) >= 11 is 11.9. The number of carbonyl (C=O) groups is 2. The Bertz CT molecular complexity index is 1050. The molecule has 0 aliphatic heterocycles. The van der Waals surface area contributed by atoms with Gasteiger partial charge in [-0.2, -0.15) is 5.10 Å². The number of amides is 2. The molecule has 8 heteroatoms. The lowest BCUT2D eigenvalue weighted by Gasteiger charge is -2.07. The van der Waals surface area contributed by atoms with Crippen LogP contribution in [0.2, 0.25) is 10.0 Å². The molecule has 30 heavy (non-hydrogen) atoms. The number of hydrazone groups is 1. The Kier molecular flexibility index (Phi) is 7.43. The lowest BCUT2D eigenvalue weighted by molar-refractivity contribution is -0.136. The van der Waals surface area contributed by atoms with Gasteiger partial charge in [-0.25, -0.2) is 5.43 Å². The summed E-state index contributed by atoms with van der Waals surface area (Å²) in [4.78, 5) is 23.8. The number of halogens is 2. The van der Waals surface area contributed by atoms with E-state index in [1.54, 1.807) is 36.4 Å². The molecule has 0 radical (unpaired) electrons. The monoisotopic (exact) mass is 441 g/mol. The Labute approximate surface area is 183 Å². The zero-order chi connectivity index (χ0) is 21.3. The second-order valence-corrected chi connectivity index (χ2v) is 6.88. The van der Waals surface area contributed by atoms with Crippen LogP contribution in [0.25, 0.3) is 0 Å². The van der Waals surface area contributed by atoms with Crippen LogP contribution in [0, 0.1) is 0 Å². The van der Waals surface area contributed by atoms with Crippen molar-refractivity contribution < 1.29 is 14.3 Å². The van der Waals surface area contributed by atoms with Gasteiger partial charge < -0.3 is 10.1 Å². The summed E-state index contributed by atoms with van der Waals surface area (Å²) < 4.78 is 5.71. The van der Waals surface area contributed by atoms with E-state index in [9.17, 15) is 9.59 Å². The number of hydrogen-bond acceptors (Lipinski definition) is 4. The summed E-state index contributed by atoms with van der Waals surface area (Å²) in [6.07, 6.45) is 1.42. The van der Waals surface area contributed by atoms with Gasteiger partial charge in [0.25, 0.3) is 0 Å². The molecule has 0 spiro atoms. The van der Waals surface area contributed by atoms with E-state index < -0.39 is 11.8 Å². The summed E-state index contributed by atoms with van der Waals surface area (Å²) in [6, 6.07) is 21.7. The molecule has 152 valence electrons. The Hall–Kier alpha value is -3.35. The standard InChI is InChI=1S/C22H17Cl2N3O3/c23-18-7-4-8-19(20(18)24)26-21(28)22(29)27-25-13-15-9-11-17(12-10-15)30-14-16-5-2-1-3-6-16/h1-13H,14H2,(H,26,28)(H,27,29)/b25-13-. The second kappa shape index (κ2) is 10.4. The molecule has 0 aliphatic rings. The normalized spacial score (nSPS) is 10.6. The van der Waals surface area contributed by atoms with Crippen molar-refractivity contribution in [1.29, 1.82) is 0 Å². The predicted molar refractivity (Wildman–Crippen MR) is 118 cm³/mol. The van der Waals surface area contributed by atoms with E-state index in [0.717, 1.165) is 11.1 Å². The topological polar surface area (TPSA) is 79.8 Å². The molecule has 3 rings (SSSR count). The first-order chi connectivity index (χ1) is 14.5. The van der Waals surface area contributed by atoms with Crippen LogP contribution >= 0.6 is 23.2 Å². The minimum absolute atomic E-state index is 0.151. The van der Waals surface area contributed by atoms with E-state index >= 15 is 0 Å². The Morgan fingerprint density at radius 1 is 0.900 bits per heavy atom. The maximum absolute atomic E-state index is 11.9. The zero-order valence-electron chi connectivity index (χ0n) is 15.6. The van der Waals surface area contributed by atoms with E-state index in [1.807, 2.05) is 30.3 Å². The van der Waals surface area contributed by atoms with E-state index in [2.05, 4.69) is 15.8 Å². The van der Waals surface area contributed by atoms with E-state index in [0.29, 0.717) is 12.4 Å². The van der Waals surface area contributed by atoms with Crippen LogP contribution in [-0.2, 0) is 16.2 Å². The molecular weight excluding hydrogens is 425 g/mol. The molecule has 3 aromatic carbocycles. The molecule has 3 aromatic rings. The SMILES string of the molecule is O=C(N/N=C\c1ccc(OCc2ccccc2)cc1)C(=O)Nc1cccc(Cl)c1Cl. The lowest BCUT2D eigenvalue weighted by Crippen LogP contribution is -2.32. The van der Waals surface area contributed by atoms with Crippen LogP contribution in [0.5, 0.6) is 5.75 Å². The number of benzene rings is 3. The van der Waals surface area contributed by atoms with Gasteiger partial charge >= 0.3 is 11.8 Å². The van der Waals surface area contributed by atoms with Crippen molar-refractivity contribution in [2.24, 2.45) is 5.10 Å². The van der Waals surface area contributed by atoms with Gasteiger partial charge in [0.15, 0.2) is 0 Å². The average molecular weight is 442 g/mol. The molecule has 6 nitrogen and oxygen atoms in total. The van der Waals surface area contributed by atoms with Gasteiger partial charge in [0.05, 0.1) is 21.9 Å². The van der Waals surface area contributed by atoms with Crippen molar-refractivity contribution in [3.63, 3.8) is 0 Å². The molecule has 0 saturated carbocycles. The van der Waals surface area contributed by atoms with Gasteiger partial charge in [-0.05, 0) is 47.5 Å². The largest absolute Gasteiger partial charge is 0.489 e. The quantitative estimate of drug-likeness (QED) is 0.331. The summed E-state index contributed by atoms with van der Waals surface area (Å²) in [6.45, 7) is 0.468. The molecule has 0 atom stereocenters. The first kappa shape index (κ1) is 21.4. The van der Waals surface area contributed by atoms with Crippen LogP contribution in [0.15, 0.2) is 77.9 Å². The zero-order valence-corrected chi connectivity index (χ0v) is 17.2. The number of nitrogens with one attached hydrogen (secondary N) is 2. The van der Waals surface area contributed by atoms with Crippen molar-refractivity contribution in [3.8, 4) is 5.75 Å². The van der Waals surface area contributed by atoms with Crippen LogP contribution in [-0.4, -0.2) is 18.0 Å². The number of nitrogens with zero attached hydrogens (tertiary/aromatic N) is 1. The minimum atomic E-state index is -0.940. The molecule has 0 aliphatic carbocycles. The second-order valence-electron chi connectivity index (χ2n) is 6.10. The van der Waals surface area contributed by atoms with Crippen LogP contribution < -0.4 is 15.5 Å². The first-order valence-corrected chi connectivity index (χ1v) is 9.64. The summed E-state index contributed by atoms with van der Waals surface area (Å²) in [7, 11) is 0. The Morgan fingerprint density at radius 3 is 2.37 bits per heavy atom. The minimum Gasteiger partial charge on any atom is -0.489 e. The summed E-state index contributed by atoms with van der Waals surface area (Å²) in [5.74, 6) is -1.15. The van der Waals surface area contributed by atoms with Crippen LogP contribution in [0.4, 0.5) is 5.69 Å². The van der Waals surface area contributed by atoms with E-state index in [-0.39, 0.29) is 15.7 Å². The van der Waals surface area contributed by atoms with Crippen molar-refractivity contribution in [2.45, 2.75) is 6.61 Å². The number of hydrogen-bond donors (Lipinski definition) is 2.